The van der Waals surface area contributed by atoms with Gasteiger partial charge in [-0.15, -0.1) is 0 Å². The predicted octanol–water partition coefficient (Wildman–Crippen LogP) is 1.67. The van der Waals surface area contributed by atoms with E-state index in [9.17, 15) is 8.42 Å². The van der Waals surface area contributed by atoms with Gasteiger partial charge in [0.15, 0.2) is 6.23 Å². The van der Waals surface area contributed by atoms with Gasteiger partial charge in [0.05, 0.1) is 5.25 Å². The van der Waals surface area contributed by atoms with Crippen molar-refractivity contribution in [2.45, 2.75) is 25.3 Å². The van der Waals surface area contributed by atoms with Crippen molar-refractivity contribution in [2.24, 2.45) is 0 Å². The summed E-state index contributed by atoms with van der Waals surface area (Å²) in [6.07, 6.45) is -0.432. The third-order valence-electron chi connectivity index (χ3n) is 2.28. The number of hydrogen-bond acceptors (Lipinski definition) is 3. The Morgan fingerprint density at radius 2 is 1.87 bits per heavy atom. The molecule has 1 saturated heterocycles. The molecule has 1 aliphatic rings. The molecule has 5 heteroatoms. The van der Waals surface area contributed by atoms with Gasteiger partial charge in [0.25, 0.3) is 0 Å². The molecule has 0 spiro atoms. The number of nitrogens with zero attached hydrogens (tertiary/aromatic N) is 1. The molecule has 1 fully saturated rings. The molecular weight excluding hydrogens is 214 g/mol. The zero-order valence-electron chi connectivity index (χ0n) is 8.62. The lowest BCUT2D eigenvalue weighted by atomic mass is 10.2. The highest BCUT2D eigenvalue weighted by Crippen LogP contribution is 2.40. The maximum atomic E-state index is 11.7. The van der Waals surface area contributed by atoms with E-state index < -0.39 is 21.5 Å². The van der Waals surface area contributed by atoms with Gasteiger partial charge < -0.3 is 0 Å². The Morgan fingerprint density at radius 3 is 2.40 bits per heavy atom. The Balaban J connectivity index is 2.16. The predicted molar refractivity (Wildman–Crippen MR) is 56.2 cm³/mol. The van der Waals surface area contributed by atoms with E-state index in [2.05, 4.69) is 0 Å². The van der Waals surface area contributed by atoms with Crippen LogP contribution in [-0.2, 0) is 14.9 Å². The van der Waals surface area contributed by atoms with E-state index >= 15 is 0 Å². The number of benzene rings is 1. The van der Waals surface area contributed by atoms with Gasteiger partial charge >= 0.3 is 0 Å². The SMILES string of the molecule is CC(C)S(=O)(=O)N1OC1c1ccccc1. The summed E-state index contributed by atoms with van der Waals surface area (Å²) < 4.78 is 24.4. The van der Waals surface area contributed by atoms with Crippen molar-refractivity contribution in [3.63, 3.8) is 0 Å². The smallest absolute Gasteiger partial charge is 0.241 e. The number of hydrogen-bond donors (Lipinski definition) is 0. The second kappa shape index (κ2) is 3.59. The molecule has 82 valence electrons. The van der Waals surface area contributed by atoms with Crippen LogP contribution in [0.15, 0.2) is 30.3 Å². The average molecular weight is 227 g/mol. The molecule has 1 aromatic carbocycles. The van der Waals surface area contributed by atoms with Crippen LogP contribution in [0.4, 0.5) is 0 Å². The molecule has 2 unspecified atom stereocenters. The van der Waals surface area contributed by atoms with Crippen molar-refractivity contribution in [2.75, 3.05) is 0 Å². The molecule has 0 aromatic heterocycles. The van der Waals surface area contributed by atoms with E-state index in [0.29, 0.717) is 0 Å². The Hall–Kier alpha value is -0.910. The van der Waals surface area contributed by atoms with E-state index in [4.69, 9.17) is 4.84 Å². The fourth-order valence-corrected chi connectivity index (χ4v) is 2.28. The molecular formula is C10H13NO3S. The molecule has 0 saturated carbocycles. The molecule has 0 amide bonds. The van der Waals surface area contributed by atoms with Crippen LogP contribution in [0.1, 0.15) is 25.6 Å². The third-order valence-corrected chi connectivity index (χ3v) is 4.25. The quantitative estimate of drug-likeness (QED) is 0.738. The summed E-state index contributed by atoms with van der Waals surface area (Å²) in [4.78, 5) is 5.07. The summed E-state index contributed by atoms with van der Waals surface area (Å²) in [6.45, 7) is 3.28. The van der Waals surface area contributed by atoms with Crippen LogP contribution < -0.4 is 0 Å². The van der Waals surface area contributed by atoms with E-state index in [1.807, 2.05) is 30.3 Å². The molecule has 1 aromatic rings. The highest BCUT2D eigenvalue weighted by molar-refractivity contribution is 7.89. The van der Waals surface area contributed by atoms with Crippen molar-refractivity contribution in [3.8, 4) is 0 Å². The van der Waals surface area contributed by atoms with Gasteiger partial charge in [0.1, 0.15) is 0 Å². The fourth-order valence-electron chi connectivity index (χ4n) is 1.27. The molecule has 2 atom stereocenters. The molecule has 0 bridgehead atoms. The molecule has 15 heavy (non-hydrogen) atoms. The van der Waals surface area contributed by atoms with Crippen molar-refractivity contribution < 1.29 is 13.3 Å². The molecule has 0 radical (unpaired) electrons. The molecule has 2 rings (SSSR count). The maximum absolute atomic E-state index is 11.7. The topological polar surface area (TPSA) is 49.7 Å². The first-order valence-electron chi connectivity index (χ1n) is 4.78. The Kier molecular flexibility index (Phi) is 2.54. The largest absolute Gasteiger partial charge is 0.254 e. The first kappa shape index (κ1) is 10.6. The third kappa shape index (κ3) is 1.90. The van der Waals surface area contributed by atoms with Crippen molar-refractivity contribution in [1.82, 2.24) is 4.47 Å². The van der Waals surface area contributed by atoms with E-state index in [1.54, 1.807) is 13.8 Å². The van der Waals surface area contributed by atoms with Crippen LogP contribution in [0.3, 0.4) is 0 Å². The maximum Gasteiger partial charge on any atom is 0.241 e. The lowest BCUT2D eigenvalue weighted by Crippen LogP contribution is -2.22. The summed E-state index contributed by atoms with van der Waals surface area (Å²) in [6, 6.07) is 9.29. The summed E-state index contributed by atoms with van der Waals surface area (Å²) >= 11 is 0. The minimum atomic E-state index is -3.29. The van der Waals surface area contributed by atoms with Crippen LogP contribution in [0.5, 0.6) is 0 Å². The summed E-state index contributed by atoms with van der Waals surface area (Å²) in [5.41, 5.74) is 0.863. The van der Waals surface area contributed by atoms with Gasteiger partial charge in [0, 0.05) is 5.56 Å². The second-order valence-corrected chi connectivity index (χ2v) is 6.05. The lowest BCUT2D eigenvalue weighted by Gasteiger charge is -2.04. The zero-order valence-corrected chi connectivity index (χ0v) is 9.44. The fraction of sp³-hybridized carbons (Fsp3) is 0.400. The van der Waals surface area contributed by atoms with Crippen LogP contribution in [0, 0.1) is 0 Å². The van der Waals surface area contributed by atoms with Gasteiger partial charge in [0.2, 0.25) is 10.0 Å². The van der Waals surface area contributed by atoms with Crippen LogP contribution >= 0.6 is 0 Å². The highest BCUT2D eigenvalue weighted by atomic mass is 32.2. The van der Waals surface area contributed by atoms with Crippen LogP contribution in [0.2, 0.25) is 0 Å². The van der Waals surface area contributed by atoms with Crippen LogP contribution in [0.25, 0.3) is 0 Å². The first-order chi connectivity index (χ1) is 7.03. The van der Waals surface area contributed by atoms with Crippen molar-refractivity contribution >= 4 is 10.0 Å². The minimum absolute atomic E-state index is 0.432. The molecule has 0 N–H and O–H groups in total. The number of sulfonamides is 1. The Bertz CT molecular complexity index is 441. The van der Waals surface area contributed by atoms with Gasteiger partial charge in [-0.2, -0.15) is 0 Å². The van der Waals surface area contributed by atoms with Gasteiger partial charge in [-0.1, -0.05) is 30.3 Å². The minimum Gasteiger partial charge on any atom is -0.254 e. The number of rotatable bonds is 3. The number of hydroxylamine groups is 1. The summed E-state index contributed by atoms with van der Waals surface area (Å²) in [7, 11) is -3.29. The first-order valence-corrected chi connectivity index (χ1v) is 6.29. The Morgan fingerprint density at radius 1 is 1.27 bits per heavy atom. The standard InChI is InChI=1S/C10H13NO3S/c1-8(2)15(12,13)11-10(14-11)9-6-4-3-5-7-9/h3-8,10H,1-2H3. The second-order valence-electron chi connectivity index (χ2n) is 3.72. The summed E-state index contributed by atoms with van der Waals surface area (Å²) in [5, 5.41) is -0.453. The summed E-state index contributed by atoms with van der Waals surface area (Å²) in [5.74, 6) is 0. The van der Waals surface area contributed by atoms with Gasteiger partial charge in [-0.05, 0) is 18.3 Å². The molecule has 0 aliphatic carbocycles. The van der Waals surface area contributed by atoms with E-state index in [0.717, 1.165) is 10.0 Å². The highest BCUT2D eigenvalue weighted by Gasteiger charge is 2.48. The molecule has 1 aliphatic heterocycles. The Labute approximate surface area is 89.5 Å². The van der Waals surface area contributed by atoms with Crippen LogP contribution in [-0.4, -0.2) is 18.1 Å². The van der Waals surface area contributed by atoms with E-state index in [1.165, 1.54) is 0 Å². The zero-order chi connectivity index (χ0) is 11.1. The van der Waals surface area contributed by atoms with Gasteiger partial charge in [-0.25, -0.2) is 8.42 Å². The van der Waals surface area contributed by atoms with E-state index in [-0.39, 0.29) is 0 Å². The van der Waals surface area contributed by atoms with Gasteiger partial charge in [-0.3, -0.25) is 4.84 Å². The molecule has 1 heterocycles. The van der Waals surface area contributed by atoms with Crippen molar-refractivity contribution in [3.05, 3.63) is 35.9 Å². The average Bonchev–Trinajstić information content (AvgIpc) is 2.98. The molecule has 4 nitrogen and oxygen atoms in total. The lowest BCUT2D eigenvalue weighted by molar-refractivity contribution is 0.282. The normalized spacial score (nSPS) is 25.5. The monoisotopic (exact) mass is 227 g/mol. The van der Waals surface area contributed by atoms with Crippen molar-refractivity contribution in [1.29, 1.82) is 0 Å².